The van der Waals surface area contributed by atoms with Crippen LogP contribution in [0.15, 0.2) is 12.3 Å². The summed E-state index contributed by atoms with van der Waals surface area (Å²) in [7, 11) is -3.70. The van der Waals surface area contributed by atoms with Crippen molar-refractivity contribution in [3.8, 4) is 0 Å². The Labute approximate surface area is 120 Å². The highest BCUT2D eigenvalue weighted by molar-refractivity contribution is 7.85. The molecule has 0 radical (unpaired) electrons. The van der Waals surface area contributed by atoms with Crippen LogP contribution in [-0.2, 0) is 25.7 Å². The molecule has 2 rings (SSSR count). The van der Waals surface area contributed by atoms with Gasteiger partial charge in [0, 0.05) is 19.0 Å². The predicted octanol–water partition coefficient (Wildman–Crippen LogP) is 0.143. The van der Waals surface area contributed by atoms with Gasteiger partial charge < -0.3 is 0 Å². The van der Waals surface area contributed by atoms with Crippen molar-refractivity contribution in [3.63, 3.8) is 0 Å². The fourth-order valence-electron chi connectivity index (χ4n) is 1.68. The van der Waals surface area contributed by atoms with E-state index in [-0.39, 0.29) is 24.3 Å². The van der Waals surface area contributed by atoms with Gasteiger partial charge in [-0.25, -0.2) is 9.18 Å². The first-order valence-corrected chi connectivity index (χ1v) is 7.68. The summed E-state index contributed by atoms with van der Waals surface area (Å²) in [6.07, 6.45) is 2.15. The van der Waals surface area contributed by atoms with Gasteiger partial charge in [-0.3, -0.25) is 24.2 Å². The van der Waals surface area contributed by atoms with E-state index in [0.29, 0.717) is 0 Å². The number of anilines is 1. The van der Waals surface area contributed by atoms with Crippen LogP contribution in [0, 0.1) is 5.82 Å². The molecule has 1 saturated heterocycles. The van der Waals surface area contributed by atoms with Gasteiger partial charge in [-0.05, 0) is 0 Å². The monoisotopic (exact) mass is 317 g/mol. The molecule has 0 aromatic carbocycles. The number of pyridine rings is 1. The third kappa shape index (κ3) is 3.95. The van der Waals surface area contributed by atoms with Crippen LogP contribution >= 0.6 is 0 Å². The van der Waals surface area contributed by atoms with Crippen LogP contribution in [0.4, 0.5) is 14.9 Å². The summed E-state index contributed by atoms with van der Waals surface area (Å²) in [5.74, 6) is -1.20. The zero-order valence-electron chi connectivity index (χ0n) is 11.0. The van der Waals surface area contributed by atoms with E-state index < -0.39 is 34.5 Å². The summed E-state index contributed by atoms with van der Waals surface area (Å²) in [4.78, 5) is 27.5. The maximum atomic E-state index is 13.8. The molecular formula is C11H12FN3O5S. The van der Waals surface area contributed by atoms with Gasteiger partial charge in [0.15, 0.2) is 0 Å². The molecule has 3 amide bonds. The Balaban J connectivity index is 2.15. The maximum absolute atomic E-state index is 13.8. The van der Waals surface area contributed by atoms with Crippen LogP contribution in [0.25, 0.3) is 0 Å². The summed E-state index contributed by atoms with van der Waals surface area (Å²) in [6, 6.07) is 0.371. The number of carbonyl (C=O) groups excluding carboxylic acids is 2. The lowest BCUT2D eigenvalue weighted by Crippen LogP contribution is -2.49. The summed E-state index contributed by atoms with van der Waals surface area (Å²) in [5.41, 5.74) is -0.0294. The smallest absolute Gasteiger partial charge is 0.292 e. The first-order valence-electron chi connectivity index (χ1n) is 5.86. The molecule has 0 unspecified atom stereocenters. The van der Waals surface area contributed by atoms with Gasteiger partial charge in [-0.15, -0.1) is 0 Å². The van der Waals surface area contributed by atoms with Gasteiger partial charge in [0.05, 0.1) is 18.1 Å². The highest BCUT2D eigenvalue weighted by Crippen LogP contribution is 2.19. The molecule has 1 aliphatic rings. The molecule has 1 N–H and O–H groups in total. The second kappa shape index (κ2) is 5.74. The van der Waals surface area contributed by atoms with Crippen molar-refractivity contribution in [2.24, 2.45) is 0 Å². The maximum Gasteiger partial charge on any atom is 0.328 e. The van der Waals surface area contributed by atoms with E-state index >= 15 is 0 Å². The molecule has 1 aliphatic heterocycles. The number of hydrogen-bond donors (Lipinski definition) is 1. The van der Waals surface area contributed by atoms with Crippen molar-refractivity contribution in [3.05, 3.63) is 23.8 Å². The molecule has 0 aliphatic carbocycles. The Hall–Kier alpha value is -2.07. The third-order valence-electron chi connectivity index (χ3n) is 2.68. The molecule has 2 heterocycles. The van der Waals surface area contributed by atoms with Crippen molar-refractivity contribution in [1.29, 1.82) is 0 Å². The molecule has 21 heavy (non-hydrogen) atoms. The number of amides is 3. The highest BCUT2D eigenvalue weighted by atomic mass is 32.2. The molecule has 0 bridgehead atoms. The predicted molar refractivity (Wildman–Crippen MR) is 69.3 cm³/mol. The van der Waals surface area contributed by atoms with Gasteiger partial charge in [0.25, 0.3) is 10.1 Å². The van der Waals surface area contributed by atoms with E-state index in [1.165, 1.54) is 11.1 Å². The standard InChI is InChI=1S/C11H12FN3O5S/c1-21(18,19)20-6-9-8(12)4-7(5-13-9)15-3-2-10(16)14-11(15)17/h4-5H,2-3,6H2,1H3,(H,14,16,17). The number of nitrogens with one attached hydrogen (secondary N) is 1. The van der Waals surface area contributed by atoms with E-state index in [4.69, 9.17) is 0 Å². The fraction of sp³-hybridized carbons (Fsp3) is 0.364. The molecule has 0 spiro atoms. The molecule has 8 nitrogen and oxygen atoms in total. The van der Waals surface area contributed by atoms with Crippen LogP contribution in [-0.4, -0.2) is 38.1 Å². The Morgan fingerprint density at radius 2 is 2.19 bits per heavy atom. The van der Waals surface area contributed by atoms with Crippen molar-refractivity contribution < 1.29 is 26.6 Å². The van der Waals surface area contributed by atoms with Crippen molar-refractivity contribution in [1.82, 2.24) is 10.3 Å². The molecule has 1 fully saturated rings. The lowest BCUT2D eigenvalue weighted by atomic mass is 10.2. The van der Waals surface area contributed by atoms with Gasteiger partial charge >= 0.3 is 6.03 Å². The Morgan fingerprint density at radius 1 is 1.48 bits per heavy atom. The van der Waals surface area contributed by atoms with Gasteiger partial charge in [-0.1, -0.05) is 0 Å². The van der Waals surface area contributed by atoms with Crippen molar-refractivity contribution in [2.75, 3.05) is 17.7 Å². The van der Waals surface area contributed by atoms with Gasteiger partial charge in [0.2, 0.25) is 5.91 Å². The van der Waals surface area contributed by atoms with Crippen LogP contribution in [0.2, 0.25) is 0 Å². The minimum Gasteiger partial charge on any atom is -0.292 e. The Bertz CT molecular complexity index is 691. The number of carbonyl (C=O) groups is 2. The summed E-state index contributed by atoms with van der Waals surface area (Å²) >= 11 is 0. The third-order valence-corrected chi connectivity index (χ3v) is 3.22. The number of hydrogen-bond acceptors (Lipinski definition) is 6. The minimum absolute atomic E-state index is 0.103. The molecule has 1 aromatic heterocycles. The zero-order valence-corrected chi connectivity index (χ0v) is 11.8. The van der Waals surface area contributed by atoms with Gasteiger partial charge in [0.1, 0.15) is 18.1 Å². The minimum atomic E-state index is -3.70. The fourth-order valence-corrected chi connectivity index (χ4v) is 2.01. The van der Waals surface area contributed by atoms with E-state index in [0.717, 1.165) is 12.3 Å². The van der Waals surface area contributed by atoms with E-state index in [9.17, 15) is 22.4 Å². The zero-order chi connectivity index (χ0) is 15.6. The van der Waals surface area contributed by atoms with Crippen LogP contribution in [0.1, 0.15) is 12.1 Å². The second-order valence-electron chi connectivity index (χ2n) is 4.34. The summed E-state index contributed by atoms with van der Waals surface area (Å²) < 4.78 is 39.9. The van der Waals surface area contributed by atoms with Crippen LogP contribution in [0.5, 0.6) is 0 Å². The number of aromatic nitrogens is 1. The molecular weight excluding hydrogens is 305 g/mol. The first kappa shape index (κ1) is 15.3. The second-order valence-corrected chi connectivity index (χ2v) is 5.99. The van der Waals surface area contributed by atoms with Gasteiger partial charge in [-0.2, -0.15) is 8.42 Å². The summed E-state index contributed by atoms with van der Waals surface area (Å²) in [5, 5.41) is 2.10. The lowest BCUT2D eigenvalue weighted by molar-refractivity contribution is -0.120. The van der Waals surface area contributed by atoms with Crippen LogP contribution in [0.3, 0.4) is 0 Å². The normalized spacial score (nSPS) is 16.0. The average molecular weight is 317 g/mol. The van der Waals surface area contributed by atoms with E-state index in [1.807, 2.05) is 0 Å². The average Bonchev–Trinajstić information content (AvgIpc) is 2.36. The number of rotatable bonds is 4. The summed E-state index contributed by atoms with van der Waals surface area (Å²) in [6.45, 7) is -0.416. The van der Waals surface area contributed by atoms with Crippen LogP contribution < -0.4 is 10.2 Å². The van der Waals surface area contributed by atoms with E-state index in [1.54, 1.807) is 0 Å². The number of imide groups is 1. The van der Waals surface area contributed by atoms with E-state index in [2.05, 4.69) is 14.5 Å². The first-order chi connectivity index (χ1) is 9.76. The van der Waals surface area contributed by atoms with Crippen molar-refractivity contribution in [2.45, 2.75) is 13.0 Å². The Kier molecular flexibility index (Phi) is 4.19. The highest BCUT2D eigenvalue weighted by Gasteiger charge is 2.25. The SMILES string of the molecule is CS(=O)(=O)OCc1ncc(N2CCC(=O)NC2=O)cc1F. The largest absolute Gasteiger partial charge is 0.328 e. The Morgan fingerprint density at radius 3 is 2.76 bits per heavy atom. The number of halogens is 1. The van der Waals surface area contributed by atoms with Crippen molar-refractivity contribution >= 4 is 27.7 Å². The molecule has 10 heteroatoms. The quantitative estimate of drug-likeness (QED) is 0.792. The molecule has 0 saturated carbocycles. The molecule has 1 aromatic rings. The molecule has 114 valence electrons. The molecule has 0 atom stereocenters. The lowest BCUT2D eigenvalue weighted by Gasteiger charge is -2.26. The number of nitrogens with zero attached hydrogens (tertiary/aromatic N) is 2. The number of urea groups is 1. The topological polar surface area (TPSA) is 106 Å².